The Morgan fingerprint density at radius 1 is 1.21 bits per heavy atom. The first-order valence-electron chi connectivity index (χ1n) is 13.2. The van der Waals surface area contributed by atoms with Crippen molar-refractivity contribution in [2.45, 2.75) is 55.3 Å². The number of benzene rings is 2. The van der Waals surface area contributed by atoms with Crippen molar-refractivity contribution in [2.24, 2.45) is 11.8 Å². The third kappa shape index (κ3) is 4.31. The van der Waals surface area contributed by atoms with Crippen LogP contribution in [-0.2, 0) is 25.5 Å². The molecule has 3 fully saturated rings. The number of aliphatic hydroxyl groups excluding tert-OH is 1. The molecule has 2 N–H and O–H groups in total. The standard InChI is InChI=1S/C30H33BrN2O6/c1-4-13-32(24-17(2)9-8-10-18(24)3)28(36)26-30-15-21(31)25(39-30)22(29(37)38)23(30)27(35)33(26)20(16-34)14-19-11-6-5-7-12-19/h4-12,20-23,25-26,34H,1,13-16H2,2-3H3,(H,37,38)/t20-,21?,22-,23+,25-,26-,30+/m1/s1. The van der Waals surface area contributed by atoms with Crippen LogP contribution in [0.25, 0.3) is 0 Å². The van der Waals surface area contributed by atoms with E-state index in [9.17, 15) is 24.6 Å². The van der Waals surface area contributed by atoms with Crippen LogP contribution in [0.4, 0.5) is 5.69 Å². The van der Waals surface area contributed by atoms with Gasteiger partial charge in [-0.15, -0.1) is 6.58 Å². The molecule has 0 saturated carbocycles. The minimum Gasteiger partial charge on any atom is -0.481 e. The van der Waals surface area contributed by atoms with Crippen molar-refractivity contribution >= 4 is 39.4 Å². The molecule has 2 aromatic carbocycles. The molecule has 0 aromatic heterocycles. The highest BCUT2D eigenvalue weighted by molar-refractivity contribution is 9.09. The van der Waals surface area contributed by atoms with E-state index in [0.29, 0.717) is 12.8 Å². The number of carbonyl (C=O) groups excluding carboxylic acids is 2. The predicted octanol–water partition coefficient (Wildman–Crippen LogP) is 3.26. The van der Waals surface area contributed by atoms with E-state index in [4.69, 9.17) is 4.74 Å². The predicted molar refractivity (Wildman–Crippen MR) is 150 cm³/mol. The number of amides is 2. The molecule has 3 aliphatic heterocycles. The lowest BCUT2D eigenvalue weighted by Gasteiger charge is -2.40. The minimum atomic E-state index is -1.34. The van der Waals surface area contributed by atoms with E-state index in [1.807, 2.05) is 62.4 Å². The number of aliphatic hydroxyl groups is 1. The number of hydrogen-bond donors (Lipinski definition) is 2. The molecule has 3 heterocycles. The number of carboxylic acids is 1. The largest absolute Gasteiger partial charge is 0.481 e. The van der Waals surface area contributed by atoms with Crippen molar-refractivity contribution in [2.75, 3.05) is 18.1 Å². The number of hydrogen-bond acceptors (Lipinski definition) is 5. The van der Waals surface area contributed by atoms with Crippen molar-refractivity contribution < 1.29 is 29.3 Å². The number of halogens is 1. The van der Waals surface area contributed by atoms with Crippen molar-refractivity contribution in [3.05, 3.63) is 77.9 Å². The summed E-state index contributed by atoms with van der Waals surface area (Å²) in [5.41, 5.74) is 2.04. The molecule has 0 radical (unpaired) electrons. The maximum atomic E-state index is 14.7. The normalized spacial score (nSPS) is 29.8. The average molecular weight is 598 g/mol. The third-order valence-electron chi connectivity index (χ3n) is 8.45. The third-order valence-corrected chi connectivity index (χ3v) is 9.30. The van der Waals surface area contributed by atoms with Crippen LogP contribution in [0.5, 0.6) is 0 Å². The smallest absolute Gasteiger partial charge is 0.310 e. The van der Waals surface area contributed by atoms with E-state index in [0.717, 1.165) is 22.4 Å². The van der Waals surface area contributed by atoms with Gasteiger partial charge in [0.15, 0.2) is 0 Å². The van der Waals surface area contributed by atoms with Crippen LogP contribution in [0, 0.1) is 25.7 Å². The molecule has 2 aromatic rings. The molecule has 3 saturated heterocycles. The van der Waals surface area contributed by atoms with Gasteiger partial charge in [-0.25, -0.2) is 0 Å². The van der Waals surface area contributed by atoms with Gasteiger partial charge < -0.3 is 24.7 Å². The lowest BCUT2D eigenvalue weighted by Crippen LogP contribution is -2.59. The lowest BCUT2D eigenvalue weighted by atomic mass is 9.70. The van der Waals surface area contributed by atoms with Crippen LogP contribution >= 0.6 is 15.9 Å². The zero-order valence-electron chi connectivity index (χ0n) is 22.0. The van der Waals surface area contributed by atoms with E-state index < -0.39 is 54.1 Å². The van der Waals surface area contributed by atoms with Gasteiger partial charge in [0.25, 0.3) is 5.91 Å². The molecule has 1 unspecified atom stereocenters. The van der Waals surface area contributed by atoms with Gasteiger partial charge in [-0.1, -0.05) is 70.5 Å². The number of fused-ring (bicyclic) bond motifs is 1. The second kappa shape index (κ2) is 10.5. The number of aliphatic carboxylic acids is 1. The Morgan fingerprint density at radius 3 is 2.46 bits per heavy atom. The number of ether oxygens (including phenoxy) is 1. The highest BCUT2D eigenvalue weighted by Gasteiger charge is 2.77. The molecule has 5 rings (SSSR count). The quantitative estimate of drug-likeness (QED) is 0.340. The molecule has 39 heavy (non-hydrogen) atoms. The average Bonchev–Trinajstić information content (AvgIpc) is 3.50. The molecule has 1 spiro atoms. The van der Waals surface area contributed by atoms with Crippen LogP contribution in [0.2, 0.25) is 0 Å². The summed E-state index contributed by atoms with van der Waals surface area (Å²) in [5.74, 6) is -4.09. The molecular weight excluding hydrogens is 564 g/mol. The fourth-order valence-electron chi connectivity index (χ4n) is 6.96. The van der Waals surface area contributed by atoms with E-state index in [1.165, 1.54) is 4.90 Å². The summed E-state index contributed by atoms with van der Waals surface area (Å²) in [6, 6.07) is 13.3. The number of anilines is 1. The minimum absolute atomic E-state index is 0.190. The van der Waals surface area contributed by atoms with Gasteiger partial charge in [0.1, 0.15) is 11.6 Å². The van der Waals surface area contributed by atoms with Crippen molar-refractivity contribution in [3.63, 3.8) is 0 Å². The van der Waals surface area contributed by atoms with Crippen molar-refractivity contribution in [1.82, 2.24) is 4.90 Å². The Morgan fingerprint density at radius 2 is 1.87 bits per heavy atom. The number of likely N-dealkylation sites (tertiary alicyclic amines) is 1. The molecule has 7 atom stereocenters. The van der Waals surface area contributed by atoms with Gasteiger partial charge >= 0.3 is 5.97 Å². The van der Waals surface area contributed by atoms with Gasteiger partial charge in [-0.05, 0) is 43.4 Å². The van der Waals surface area contributed by atoms with Gasteiger partial charge in [-0.2, -0.15) is 0 Å². The van der Waals surface area contributed by atoms with Crippen LogP contribution in [0.3, 0.4) is 0 Å². The summed E-state index contributed by atoms with van der Waals surface area (Å²) in [5, 5.41) is 20.7. The Hall–Kier alpha value is -3.01. The first-order valence-corrected chi connectivity index (χ1v) is 14.1. The number of aryl methyl sites for hydroxylation is 2. The molecule has 3 aliphatic rings. The second-order valence-electron chi connectivity index (χ2n) is 10.8. The summed E-state index contributed by atoms with van der Waals surface area (Å²) in [4.78, 5) is 44.1. The molecular formula is C30H33BrN2O6. The summed E-state index contributed by atoms with van der Waals surface area (Å²) in [7, 11) is 0. The lowest BCUT2D eigenvalue weighted by molar-refractivity contribution is -0.150. The maximum Gasteiger partial charge on any atom is 0.310 e. The van der Waals surface area contributed by atoms with Crippen molar-refractivity contribution in [1.29, 1.82) is 0 Å². The van der Waals surface area contributed by atoms with Crippen molar-refractivity contribution in [3.8, 4) is 0 Å². The van der Waals surface area contributed by atoms with Crippen LogP contribution in [-0.4, -0.2) is 74.7 Å². The molecule has 206 valence electrons. The first kappa shape index (κ1) is 27.6. The summed E-state index contributed by atoms with van der Waals surface area (Å²) in [6.45, 7) is 7.50. The fourth-order valence-corrected chi connectivity index (χ4v) is 7.90. The fraction of sp³-hybridized carbons (Fsp3) is 0.433. The number of carbonyl (C=O) groups is 3. The van der Waals surface area contributed by atoms with E-state index in [2.05, 4.69) is 22.5 Å². The Bertz CT molecular complexity index is 1280. The molecule has 9 heteroatoms. The van der Waals surface area contributed by atoms with Gasteiger partial charge in [0.05, 0.1) is 30.6 Å². The Labute approximate surface area is 236 Å². The van der Waals surface area contributed by atoms with Crippen LogP contribution < -0.4 is 4.90 Å². The van der Waals surface area contributed by atoms with Crippen LogP contribution in [0.15, 0.2) is 61.2 Å². The number of carboxylic acid groups (broad SMARTS) is 1. The molecule has 8 nitrogen and oxygen atoms in total. The molecule has 2 amide bonds. The number of nitrogens with zero attached hydrogens (tertiary/aromatic N) is 2. The summed E-state index contributed by atoms with van der Waals surface area (Å²) < 4.78 is 6.43. The van der Waals surface area contributed by atoms with E-state index in [1.54, 1.807) is 11.0 Å². The second-order valence-corrected chi connectivity index (χ2v) is 11.9. The van der Waals surface area contributed by atoms with Gasteiger partial charge in [0.2, 0.25) is 5.91 Å². The Kier molecular flexibility index (Phi) is 7.43. The van der Waals surface area contributed by atoms with E-state index in [-0.39, 0.29) is 17.3 Å². The maximum absolute atomic E-state index is 14.7. The number of rotatable bonds is 9. The highest BCUT2D eigenvalue weighted by atomic mass is 79.9. The molecule has 0 aliphatic carbocycles. The Balaban J connectivity index is 1.66. The van der Waals surface area contributed by atoms with Gasteiger partial charge in [0, 0.05) is 17.1 Å². The first-order chi connectivity index (χ1) is 18.7. The van der Waals surface area contributed by atoms with Crippen LogP contribution in [0.1, 0.15) is 23.1 Å². The zero-order chi connectivity index (χ0) is 28.1. The molecule has 2 bridgehead atoms. The summed E-state index contributed by atoms with van der Waals surface area (Å²) >= 11 is 3.59. The SMILES string of the molecule is C=CCN(C(=O)[C@H]1N([C@@H](CO)Cc2ccccc2)C(=O)[C@@H]2[C@@H](C(=O)O)[C@@H]3O[C@@]21CC3Br)c1c(C)cccc1C. The van der Waals surface area contributed by atoms with Gasteiger partial charge in [-0.3, -0.25) is 14.4 Å². The zero-order valence-corrected chi connectivity index (χ0v) is 23.6. The highest BCUT2D eigenvalue weighted by Crippen LogP contribution is 2.60. The summed E-state index contributed by atoms with van der Waals surface area (Å²) in [6.07, 6.45) is 1.51. The number of alkyl halides is 1. The monoisotopic (exact) mass is 596 g/mol. The van der Waals surface area contributed by atoms with E-state index >= 15 is 0 Å². The number of para-hydroxylation sites is 1. The topological polar surface area (TPSA) is 107 Å².